The first-order chi connectivity index (χ1) is 10.4. The Morgan fingerprint density at radius 2 is 1.59 bits per heavy atom. The van der Waals surface area contributed by atoms with Crippen molar-refractivity contribution in [1.82, 2.24) is 9.97 Å². The maximum Gasteiger partial charge on any atom is 0.259 e. The van der Waals surface area contributed by atoms with E-state index >= 15 is 0 Å². The lowest BCUT2D eigenvalue weighted by Gasteiger charge is -2.07. The highest BCUT2D eigenvalue weighted by Crippen LogP contribution is 2.30. The van der Waals surface area contributed by atoms with Crippen LogP contribution in [0.25, 0.3) is 22.3 Å². The third kappa shape index (κ3) is 2.23. The van der Waals surface area contributed by atoms with E-state index in [9.17, 15) is 22.4 Å². The first kappa shape index (κ1) is 14.5. The molecule has 0 aliphatic carbocycles. The predicted octanol–water partition coefficient (Wildman–Crippen LogP) is 3.80. The van der Waals surface area contributed by atoms with Crippen molar-refractivity contribution in [1.29, 1.82) is 0 Å². The molecule has 0 atom stereocenters. The van der Waals surface area contributed by atoms with Crippen LogP contribution in [0.4, 0.5) is 17.6 Å². The summed E-state index contributed by atoms with van der Waals surface area (Å²) < 4.78 is 53.7. The van der Waals surface area contributed by atoms with Crippen molar-refractivity contribution in [3.05, 3.63) is 62.9 Å². The van der Waals surface area contributed by atoms with Crippen molar-refractivity contribution in [3.8, 4) is 11.4 Å². The Morgan fingerprint density at radius 1 is 0.955 bits per heavy atom. The molecule has 3 nitrogen and oxygen atoms in total. The molecule has 0 fully saturated rings. The molecule has 0 aliphatic rings. The average Bonchev–Trinajstić information content (AvgIpc) is 2.46. The Hall–Kier alpha value is -2.41. The Labute approximate surface area is 125 Å². The van der Waals surface area contributed by atoms with Crippen molar-refractivity contribution < 1.29 is 17.6 Å². The van der Waals surface area contributed by atoms with Gasteiger partial charge in [-0.2, -0.15) is 0 Å². The maximum absolute atomic E-state index is 13.8. The highest BCUT2D eigenvalue weighted by Gasteiger charge is 2.18. The smallest absolute Gasteiger partial charge is 0.259 e. The minimum Gasteiger partial charge on any atom is -0.306 e. The Balaban J connectivity index is 2.37. The zero-order chi connectivity index (χ0) is 16.0. The fourth-order valence-electron chi connectivity index (χ4n) is 2.00. The Kier molecular flexibility index (Phi) is 3.37. The molecule has 0 aliphatic heterocycles. The van der Waals surface area contributed by atoms with E-state index in [4.69, 9.17) is 11.6 Å². The molecule has 1 heterocycles. The molecule has 1 N–H and O–H groups in total. The van der Waals surface area contributed by atoms with E-state index in [2.05, 4.69) is 9.97 Å². The van der Waals surface area contributed by atoms with E-state index in [-0.39, 0.29) is 16.7 Å². The van der Waals surface area contributed by atoms with Gasteiger partial charge in [-0.25, -0.2) is 22.5 Å². The Morgan fingerprint density at radius 3 is 2.32 bits per heavy atom. The van der Waals surface area contributed by atoms with Gasteiger partial charge >= 0.3 is 0 Å². The maximum atomic E-state index is 13.8. The van der Waals surface area contributed by atoms with Crippen LogP contribution in [0.15, 0.2) is 29.1 Å². The number of hydrogen-bond acceptors (Lipinski definition) is 2. The molecule has 3 rings (SSSR count). The summed E-state index contributed by atoms with van der Waals surface area (Å²) in [7, 11) is 0. The molecule has 0 unspecified atom stereocenters. The number of aromatic nitrogens is 2. The number of hydrogen-bond donors (Lipinski definition) is 1. The second kappa shape index (κ2) is 5.10. The molecule has 112 valence electrons. The summed E-state index contributed by atoms with van der Waals surface area (Å²) in [4.78, 5) is 17.9. The molecule has 22 heavy (non-hydrogen) atoms. The fourth-order valence-corrected chi connectivity index (χ4v) is 2.24. The summed E-state index contributed by atoms with van der Waals surface area (Å²) in [6.45, 7) is 0. The average molecular weight is 329 g/mol. The Bertz CT molecular complexity index is 971. The van der Waals surface area contributed by atoms with Crippen molar-refractivity contribution in [2.24, 2.45) is 0 Å². The lowest BCUT2D eigenvalue weighted by molar-refractivity contribution is 0.510. The van der Waals surface area contributed by atoms with Crippen LogP contribution in [0.1, 0.15) is 0 Å². The molecule has 0 saturated carbocycles. The molecular weight excluding hydrogens is 324 g/mol. The number of aromatic amines is 1. The number of halogens is 5. The van der Waals surface area contributed by atoms with Crippen LogP contribution in [-0.2, 0) is 0 Å². The van der Waals surface area contributed by atoms with Gasteiger partial charge in [0.15, 0.2) is 11.6 Å². The normalized spacial score (nSPS) is 11.1. The lowest BCUT2D eigenvalue weighted by Crippen LogP contribution is -2.11. The predicted molar refractivity (Wildman–Crippen MR) is 72.6 cm³/mol. The third-order valence-corrected chi connectivity index (χ3v) is 3.40. The molecule has 0 amide bonds. The number of H-pyrrole nitrogens is 1. The molecule has 0 saturated heterocycles. The van der Waals surface area contributed by atoms with Gasteiger partial charge in [0.2, 0.25) is 0 Å². The van der Waals surface area contributed by atoms with Gasteiger partial charge in [-0.15, -0.1) is 0 Å². The van der Waals surface area contributed by atoms with Crippen molar-refractivity contribution in [2.45, 2.75) is 0 Å². The van der Waals surface area contributed by atoms with Gasteiger partial charge in [-0.3, -0.25) is 4.79 Å². The van der Waals surface area contributed by atoms with E-state index in [0.717, 1.165) is 12.1 Å². The summed E-state index contributed by atoms with van der Waals surface area (Å²) >= 11 is 5.68. The summed E-state index contributed by atoms with van der Waals surface area (Å²) in [5, 5.41) is -0.805. The fraction of sp³-hybridized carbons (Fsp3) is 0. The van der Waals surface area contributed by atoms with Gasteiger partial charge < -0.3 is 4.98 Å². The van der Waals surface area contributed by atoms with Crippen LogP contribution in [0.2, 0.25) is 5.02 Å². The number of benzene rings is 2. The molecule has 3 aromatic rings. The topological polar surface area (TPSA) is 45.8 Å². The minimum atomic E-state index is -1.22. The molecular formula is C14H5ClF4N2O. The van der Waals surface area contributed by atoms with E-state index in [1.54, 1.807) is 0 Å². The van der Waals surface area contributed by atoms with Crippen LogP contribution >= 0.6 is 11.6 Å². The molecule has 0 spiro atoms. The second-order valence-corrected chi connectivity index (χ2v) is 4.79. The number of nitrogens with one attached hydrogen (secondary N) is 1. The van der Waals surface area contributed by atoms with Gasteiger partial charge in [0.05, 0.1) is 21.5 Å². The SMILES string of the molecule is O=c1[nH]c(-c2c(F)ccc(F)c2Cl)nc2cc(F)c(F)cc12. The van der Waals surface area contributed by atoms with Crippen LogP contribution in [0, 0.1) is 23.3 Å². The van der Waals surface area contributed by atoms with Crippen LogP contribution in [-0.4, -0.2) is 9.97 Å². The summed E-state index contributed by atoms with van der Waals surface area (Å²) in [6, 6.07) is 2.99. The summed E-state index contributed by atoms with van der Waals surface area (Å²) in [5.74, 6) is -4.65. The van der Waals surface area contributed by atoms with Crippen molar-refractivity contribution in [3.63, 3.8) is 0 Å². The van der Waals surface area contributed by atoms with Gasteiger partial charge in [-0.05, 0) is 18.2 Å². The highest BCUT2D eigenvalue weighted by molar-refractivity contribution is 6.33. The molecule has 8 heteroatoms. The van der Waals surface area contributed by atoms with Gasteiger partial charge in [-0.1, -0.05) is 11.6 Å². The summed E-state index contributed by atoms with van der Waals surface area (Å²) in [5.41, 5.74) is -1.51. The third-order valence-electron chi connectivity index (χ3n) is 3.03. The number of fused-ring (bicyclic) bond motifs is 1. The second-order valence-electron chi connectivity index (χ2n) is 4.42. The van der Waals surface area contributed by atoms with Crippen LogP contribution in [0.3, 0.4) is 0 Å². The van der Waals surface area contributed by atoms with Crippen molar-refractivity contribution >= 4 is 22.5 Å². The van der Waals surface area contributed by atoms with Crippen LogP contribution < -0.4 is 5.56 Å². The molecule has 2 aromatic carbocycles. The van der Waals surface area contributed by atoms with Crippen molar-refractivity contribution in [2.75, 3.05) is 0 Å². The molecule has 1 aromatic heterocycles. The van der Waals surface area contributed by atoms with Gasteiger partial charge in [0.1, 0.15) is 17.5 Å². The largest absolute Gasteiger partial charge is 0.306 e. The van der Waals surface area contributed by atoms with E-state index < -0.39 is 39.4 Å². The van der Waals surface area contributed by atoms with Gasteiger partial charge in [0, 0.05) is 6.07 Å². The van der Waals surface area contributed by atoms with E-state index in [1.165, 1.54) is 0 Å². The monoisotopic (exact) mass is 328 g/mol. The minimum absolute atomic E-state index is 0.211. The van der Waals surface area contributed by atoms with Gasteiger partial charge in [0.25, 0.3) is 5.56 Å². The standard InChI is InChI=1S/C14H5ClF4N2O/c15-12-7(17)2-1-6(16)11(12)13-20-10-4-9(19)8(18)3-5(10)14(22)21-13/h1-4H,(H,20,21,22). The van der Waals surface area contributed by atoms with E-state index in [0.29, 0.717) is 12.1 Å². The zero-order valence-electron chi connectivity index (χ0n) is 10.6. The zero-order valence-corrected chi connectivity index (χ0v) is 11.3. The first-order valence-corrected chi connectivity index (χ1v) is 6.29. The van der Waals surface area contributed by atoms with E-state index in [1.807, 2.05) is 0 Å². The lowest BCUT2D eigenvalue weighted by atomic mass is 10.1. The number of nitrogens with zero attached hydrogens (tertiary/aromatic N) is 1. The summed E-state index contributed by atoms with van der Waals surface area (Å²) in [6.07, 6.45) is 0. The first-order valence-electron chi connectivity index (χ1n) is 5.91. The highest BCUT2D eigenvalue weighted by atomic mass is 35.5. The molecule has 0 radical (unpaired) electrons. The van der Waals surface area contributed by atoms with Crippen LogP contribution in [0.5, 0.6) is 0 Å². The molecule has 0 bridgehead atoms. The quantitative estimate of drug-likeness (QED) is 0.545. The number of rotatable bonds is 1.